The molecule has 1 N–H and O–H groups in total. The van der Waals surface area contributed by atoms with E-state index in [-0.39, 0.29) is 12.0 Å². The molecule has 0 aromatic heterocycles. The molecule has 3 nitrogen and oxygen atoms in total. The van der Waals surface area contributed by atoms with Crippen LogP contribution in [0.5, 0.6) is 0 Å². The summed E-state index contributed by atoms with van der Waals surface area (Å²) in [5.74, 6) is 0.195. The van der Waals surface area contributed by atoms with Crippen molar-refractivity contribution in [2.24, 2.45) is 0 Å². The van der Waals surface area contributed by atoms with E-state index in [1.165, 1.54) is 0 Å². The highest BCUT2D eigenvalue weighted by molar-refractivity contribution is 6.30. The number of β-amino-alcohol motifs (C(OH)–C–C–N with tert-alkyl or cyclic N) is 1. The minimum absolute atomic E-state index is 0.195. The van der Waals surface area contributed by atoms with Crippen LogP contribution in [0, 0.1) is 0 Å². The molecule has 2 aliphatic rings. The smallest absolute Gasteiger partial charge is 0.233 e. The average molecular weight is 308 g/mol. The van der Waals surface area contributed by atoms with Crippen molar-refractivity contribution < 1.29 is 9.90 Å². The molecule has 1 saturated carbocycles. The summed E-state index contributed by atoms with van der Waals surface area (Å²) in [6.45, 7) is 1.25. The predicted molar refractivity (Wildman–Crippen MR) is 83.4 cm³/mol. The van der Waals surface area contributed by atoms with E-state index < -0.39 is 5.41 Å². The van der Waals surface area contributed by atoms with Crippen LogP contribution in [0.2, 0.25) is 5.02 Å². The quantitative estimate of drug-likeness (QED) is 0.912. The molecule has 4 heteroatoms. The number of rotatable bonds is 2. The zero-order valence-electron chi connectivity index (χ0n) is 12.2. The summed E-state index contributed by atoms with van der Waals surface area (Å²) in [6, 6.07) is 7.72. The zero-order valence-corrected chi connectivity index (χ0v) is 13.0. The summed E-state index contributed by atoms with van der Waals surface area (Å²) in [5.41, 5.74) is 0.677. The van der Waals surface area contributed by atoms with Crippen LogP contribution in [-0.4, -0.2) is 35.1 Å². The summed E-state index contributed by atoms with van der Waals surface area (Å²) in [5, 5.41) is 10.6. The fourth-order valence-corrected chi connectivity index (χ4v) is 3.94. The van der Waals surface area contributed by atoms with Crippen LogP contribution in [0.1, 0.15) is 44.1 Å². The number of likely N-dealkylation sites (tertiary alicyclic amines) is 1. The van der Waals surface area contributed by atoms with Crippen molar-refractivity contribution in [2.75, 3.05) is 13.1 Å². The van der Waals surface area contributed by atoms with Gasteiger partial charge in [0, 0.05) is 18.1 Å². The third-order valence-electron chi connectivity index (χ3n) is 4.95. The summed E-state index contributed by atoms with van der Waals surface area (Å²) in [6.07, 6.45) is 5.31. The van der Waals surface area contributed by atoms with Crippen LogP contribution < -0.4 is 0 Å². The zero-order chi connectivity index (χ0) is 14.9. The van der Waals surface area contributed by atoms with Crippen LogP contribution in [-0.2, 0) is 10.2 Å². The lowest BCUT2D eigenvalue weighted by molar-refractivity contribution is -0.140. The van der Waals surface area contributed by atoms with E-state index in [2.05, 4.69) is 0 Å². The Morgan fingerprint density at radius 3 is 2.48 bits per heavy atom. The van der Waals surface area contributed by atoms with Crippen LogP contribution in [0.4, 0.5) is 0 Å². The molecule has 21 heavy (non-hydrogen) atoms. The van der Waals surface area contributed by atoms with Crippen molar-refractivity contribution in [3.8, 4) is 0 Å². The van der Waals surface area contributed by atoms with E-state index in [4.69, 9.17) is 11.6 Å². The number of amides is 1. The Balaban J connectivity index is 1.89. The Labute approximate surface area is 130 Å². The van der Waals surface area contributed by atoms with Gasteiger partial charge in [-0.05, 0) is 43.4 Å². The number of hydrogen-bond donors (Lipinski definition) is 1. The molecule has 114 valence electrons. The van der Waals surface area contributed by atoms with Gasteiger partial charge < -0.3 is 10.0 Å². The Morgan fingerprint density at radius 2 is 1.86 bits per heavy atom. The number of aliphatic hydroxyl groups is 1. The van der Waals surface area contributed by atoms with Crippen molar-refractivity contribution >= 4 is 17.5 Å². The van der Waals surface area contributed by atoms with Crippen molar-refractivity contribution in [1.29, 1.82) is 0 Å². The predicted octanol–water partition coefficient (Wildman–Crippen LogP) is 3.14. The SMILES string of the molecule is O=C(N1CCCC(O)C1)C1(c2ccc(Cl)cc2)CCCC1. The van der Waals surface area contributed by atoms with Gasteiger partial charge in [0.2, 0.25) is 5.91 Å². The lowest BCUT2D eigenvalue weighted by Gasteiger charge is -2.38. The molecular weight excluding hydrogens is 286 g/mol. The lowest BCUT2D eigenvalue weighted by atomic mass is 9.77. The summed E-state index contributed by atoms with van der Waals surface area (Å²) in [7, 11) is 0. The first-order valence-electron chi connectivity index (χ1n) is 7.85. The highest BCUT2D eigenvalue weighted by atomic mass is 35.5. The fraction of sp³-hybridized carbons (Fsp3) is 0.588. The third-order valence-corrected chi connectivity index (χ3v) is 5.20. The first kappa shape index (κ1) is 14.9. The third kappa shape index (κ3) is 2.82. The Morgan fingerprint density at radius 1 is 1.19 bits per heavy atom. The van der Waals surface area contributed by atoms with Gasteiger partial charge in [0.25, 0.3) is 0 Å². The molecule has 0 radical (unpaired) electrons. The number of benzene rings is 1. The maximum Gasteiger partial charge on any atom is 0.233 e. The lowest BCUT2D eigenvalue weighted by Crippen LogP contribution is -2.50. The Hall–Kier alpha value is -1.06. The first-order valence-corrected chi connectivity index (χ1v) is 8.23. The van der Waals surface area contributed by atoms with Gasteiger partial charge in [-0.3, -0.25) is 4.79 Å². The molecule has 1 aromatic rings. The highest BCUT2D eigenvalue weighted by Gasteiger charge is 2.45. The minimum Gasteiger partial charge on any atom is -0.391 e. The molecule has 1 aliphatic heterocycles. The van der Waals surface area contributed by atoms with E-state index in [0.29, 0.717) is 11.6 Å². The van der Waals surface area contributed by atoms with E-state index in [9.17, 15) is 9.90 Å². The van der Waals surface area contributed by atoms with Gasteiger partial charge in [-0.1, -0.05) is 36.6 Å². The molecule has 1 aliphatic carbocycles. The average Bonchev–Trinajstić information content (AvgIpc) is 2.98. The van der Waals surface area contributed by atoms with Gasteiger partial charge in [-0.2, -0.15) is 0 Å². The second kappa shape index (κ2) is 5.98. The van der Waals surface area contributed by atoms with Crippen molar-refractivity contribution in [3.05, 3.63) is 34.9 Å². The standard InChI is InChI=1S/C17H22ClNO2/c18-14-7-5-13(6-8-14)17(9-1-2-10-17)16(21)19-11-3-4-15(20)12-19/h5-8,15,20H,1-4,9-12H2. The van der Waals surface area contributed by atoms with Crippen molar-refractivity contribution in [3.63, 3.8) is 0 Å². The Bertz CT molecular complexity index is 508. The van der Waals surface area contributed by atoms with E-state index in [1.807, 2.05) is 29.2 Å². The molecule has 1 atom stereocenters. The molecule has 0 bridgehead atoms. The monoisotopic (exact) mass is 307 g/mol. The molecule has 3 rings (SSSR count). The number of aliphatic hydroxyl groups excluding tert-OH is 1. The highest BCUT2D eigenvalue weighted by Crippen LogP contribution is 2.43. The van der Waals surface area contributed by atoms with Gasteiger partial charge in [-0.25, -0.2) is 0 Å². The summed E-state index contributed by atoms with van der Waals surface area (Å²) in [4.78, 5) is 15.0. The molecule has 1 amide bonds. The van der Waals surface area contributed by atoms with Gasteiger partial charge in [0.15, 0.2) is 0 Å². The van der Waals surface area contributed by atoms with Crippen LogP contribution in [0.15, 0.2) is 24.3 Å². The molecule has 1 unspecified atom stereocenters. The van der Waals surface area contributed by atoms with E-state index in [1.54, 1.807) is 0 Å². The second-order valence-corrected chi connectivity index (χ2v) is 6.78. The molecule has 0 spiro atoms. The van der Waals surface area contributed by atoms with Gasteiger partial charge in [0.1, 0.15) is 0 Å². The maximum absolute atomic E-state index is 13.1. The van der Waals surface area contributed by atoms with Gasteiger partial charge >= 0.3 is 0 Å². The number of carbonyl (C=O) groups excluding carboxylic acids is 1. The van der Waals surface area contributed by atoms with Gasteiger partial charge in [0.05, 0.1) is 11.5 Å². The molecule has 1 saturated heterocycles. The van der Waals surface area contributed by atoms with Crippen LogP contribution in [0.3, 0.4) is 0 Å². The fourth-order valence-electron chi connectivity index (χ4n) is 3.82. The number of halogens is 1. The molecule has 1 aromatic carbocycles. The van der Waals surface area contributed by atoms with Crippen molar-refractivity contribution in [2.45, 2.75) is 50.0 Å². The Kier molecular flexibility index (Phi) is 4.23. The second-order valence-electron chi connectivity index (χ2n) is 6.34. The minimum atomic E-state index is -0.401. The molecule has 2 fully saturated rings. The topological polar surface area (TPSA) is 40.5 Å². The summed E-state index contributed by atoms with van der Waals surface area (Å²) < 4.78 is 0. The van der Waals surface area contributed by atoms with E-state index >= 15 is 0 Å². The number of nitrogens with zero attached hydrogens (tertiary/aromatic N) is 1. The first-order chi connectivity index (χ1) is 10.1. The molecular formula is C17H22ClNO2. The normalized spacial score (nSPS) is 25.0. The largest absolute Gasteiger partial charge is 0.391 e. The van der Waals surface area contributed by atoms with Crippen LogP contribution >= 0.6 is 11.6 Å². The van der Waals surface area contributed by atoms with E-state index in [0.717, 1.165) is 50.6 Å². The van der Waals surface area contributed by atoms with Crippen LogP contribution in [0.25, 0.3) is 0 Å². The van der Waals surface area contributed by atoms with Crippen molar-refractivity contribution in [1.82, 2.24) is 4.90 Å². The number of hydrogen-bond acceptors (Lipinski definition) is 2. The van der Waals surface area contributed by atoms with Gasteiger partial charge in [-0.15, -0.1) is 0 Å². The number of carbonyl (C=O) groups is 1. The summed E-state index contributed by atoms with van der Waals surface area (Å²) >= 11 is 5.98. The maximum atomic E-state index is 13.1. The molecule has 1 heterocycles. The number of piperidine rings is 1.